The van der Waals surface area contributed by atoms with Crippen LogP contribution in [-0.2, 0) is 6.42 Å². The maximum atomic E-state index is 6.06. The first-order valence-corrected chi connectivity index (χ1v) is 8.08. The molecule has 0 fully saturated rings. The Kier molecular flexibility index (Phi) is 5.84. The van der Waals surface area contributed by atoms with Crippen molar-refractivity contribution in [1.82, 2.24) is 5.32 Å². The predicted octanol–water partition coefficient (Wildman–Crippen LogP) is 5.70. The lowest BCUT2D eigenvalue weighted by molar-refractivity contribution is 0.494. The maximum absolute atomic E-state index is 6.06. The zero-order valence-electron chi connectivity index (χ0n) is 13.1. The molecule has 2 heteroatoms. The third-order valence-electron chi connectivity index (χ3n) is 3.87. The summed E-state index contributed by atoms with van der Waals surface area (Å²) in [5.41, 5.74) is 3.96. The third kappa shape index (κ3) is 4.59. The molecule has 0 aliphatic carbocycles. The Morgan fingerprint density at radius 3 is 2.24 bits per heavy atom. The molecular weight excluding hydrogens is 278 g/mol. The van der Waals surface area contributed by atoms with Crippen LogP contribution in [0.3, 0.4) is 0 Å². The summed E-state index contributed by atoms with van der Waals surface area (Å²) in [7, 11) is 0. The number of rotatable bonds is 6. The van der Waals surface area contributed by atoms with Crippen LogP contribution in [0.25, 0.3) is 0 Å². The lowest BCUT2D eigenvalue weighted by atomic mass is 10.0. The monoisotopic (exact) mass is 301 g/mol. The van der Waals surface area contributed by atoms with Crippen molar-refractivity contribution in [2.75, 3.05) is 0 Å². The first-order chi connectivity index (χ1) is 10.1. The summed E-state index contributed by atoms with van der Waals surface area (Å²) in [5.74, 6) is 0. The van der Waals surface area contributed by atoms with Gasteiger partial charge in [-0.2, -0.15) is 0 Å². The number of nitrogens with one attached hydrogen (secondary N) is 1. The standard InChI is InChI=1S/C19H24ClN/c1-4-6-16-9-11-17(12-10-16)14(2)21-15(3)18-7-5-8-19(20)13-18/h5,7-15,21H,4,6H2,1-3H3. The Labute approximate surface area is 133 Å². The molecule has 0 saturated heterocycles. The van der Waals surface area contributed by atoms with E-state index < -0.39 is 0 Å². The molecule has 2 atom stereocenters. The second kappa shape index (κ2) is 7.63. The predicted molar refractivity (Wildman–Crippen MR) is 91.9 cm³/mol. The summed E-state index contributed by atoms with van der Waals surface area (Å²) in [6.07, 6.45) is 2.35. The summed E-state index contributed by atoms with van der Waals surface area (Å²) in [4.78, 5) is 0. The second-order valence-corrected chi connectivity index (χ2v) is 6.09. The highest BCUT2D eigenvalue weighted by Gasteiger charge is 2.11. The second-order valence-electron chi connectivity index (χ2n) is 5.66. The Balaban J connectivity index is 2.01. The molecule has 2 unspecified atom stereocenters. The van der Waals surface area contributed by atoms with E-state index in [-0.39, 0.29) is 6.04 Å². The van der Waals surface area contributed by atoms with E-state index in [1.807, 2.05) is 18.2 Å². The molecule has 0 bridgehead atoms. The summed E-state index contributed by atoms with van der Waals surface area (Å²) in [6.45, 7) is 6.59. The molecule has 1 nitrogen and oxygen atoms in total. The van der Waals surface area contributed by atoms with E-state index >= 15 is 0 Å². The molecule has 1 N–H and O–H groups in total. The zero-order valence-corrected chi connectivity index (χ0v) is 13.8. The van der Waals surface area contributed by atoms with Crippen molar-refractivity contribution in [2.24, 2.45) is 0 Å². The first-order valence-electron chi connectivity index (χ1n) is 7.70. The van der Waals surface area contributed by atoms with E-state index in [1.165, 1.54) is 23.1 Å². The fraction of sp³-hybridized carbons (Fsp3) is 0.368. The van der Waals surface area contributed by atoms with Gasteiger partial charge in [0.25, 0.3) is 0 Å². The van der Waals surface area contributed by atoms with Gasteiger partial charge in [0.05, 0.1) is 0 Å². The molecule has 2 aromatic carbocycles. The average Bonchev–Trinajstić information content (AvgIpc) is 2.48. The minimum atomic E-state index is 0.272. The average molecular weight is 302 g/mol. The van der Waals surface area contributed by atoms with Gasteiger partial charge < -0.3 is 5.32 Å². The van der Waals surface area contributed by atoms with E-state index in [0.29, 0.717) is 6.04 Å². The largest absolute Gasteiger partial charge is 0.304 e. The lowest BCUT2D eigenvalue weighted by Crippen LogP contribution is -2.22. The van der Waals surface area contributed by atoms with Gasteiger partial charge in [-0.1, -0.05) is 61.3 Å². The van der Waals surface area contributed by atoms with Gasteiger partial charge in [-0.05, 0) is 49.1 Å². The number of hydrogen-bond acceptors (Lipinski definition) is 1. The van der Waals surface area contributed by atoms with Crippen LogP contribution in [0.4, 0.5) is 0 Å². The van der Waals surface area contributed by atoms with Crippen molar-refractivity contribution in [1.29, 1.82) is 0 Å². The lowest BCUT2D eigenvalue weighted by Gasteiger charge is -2.21. The van der Waals surface area contributed by atoms with Crippen LogP contribution in [0.2, 0.25) is 5.02 Å². The molecule has 0 heterocycles. The molecule has 0 spiro atoms. The van der Waals surface area contributed by atoms with Crippen LogP contribution in [0, 0.1) is 0 Å². The van der Waals surface area contributed by atoms with Crippen molar-refractivity contribution in [3.63, 3.8) is 0 Å². The van der Waals surface area contributed by atoms with Crippen molar-refractivity contribution >= 4 is 11.6 Å². The van der Waals surface area contributed by atoms with Crippen LogP contribution in [0.15, 0.2) is 48.5 Å². The van der Waals surface area contributed by atoms with Gasteiger partial charge in [-0.15, -0.1) is 0 Å². The molecule has 2 aromatic rings. The quantitative estimate of drug-likeness (QED) is 0.721. The van der Waals surface area contributed by atoms with E-state index in [4.69, 9.17) is 11.6 Å². The Hall–Kier alpha value is -1.31. The van der Waals surface area contributed by atoms with Gasteiger partial charge in [0.2, 0.25) is 0 Å². The van der Waals surface area contributed by atoms with Crippen molar-refractivity contribution in [3.8, 4) is 0 Å². The molecule has 21 heavy (non-hydrogen) atoms. The molecule has 0 saturated carbocycles. The Bertz CT molecular complexity index is 562. The van der Waals surface area contributed by atoms with E-state index in [9.17, 15) is 0 Å². The highest BCUT2D eigenvalue weighted by Crippen LogP contribution is 2.22. The molecule has 0 aromatic heterocycles. The van der Waals surface area contributed by atoms with Crippen LogP contribution >= 0.6 is 11.6 Å². The van der Waals surface area contributed by atoms with E-state index in [1.54, 1.807) is 0 Å². The number of halogens is 1. The van der Waals surface area contributed by atoms with Crippen LogP contribution < -0.4 is 5.32 Å². The van der Waals surface area contributed by atoms with Crippen LogP contribution in [0.1, 0.15) is 56.0 Å². The number of benzene rings is 2. The molecule has 0 amide bonds. The van der Waals surface area contributed by atoms with E-state index in [2.05, 4.69) is 56.4 Å². The first kappa shape index (κ1) is 16.1. The van der Waals surface area contributed by atoms with Gasteiger partial charge in [0.15, 0.2) is 0 Å². The Morgan fingerprint density at radius 1 is 0.952 bits per heavy atom. The van der Waals surface area contributed by atoms with Crippen molar-refractivity contribution < 1.29 is 0 Å². The Morgan fingerprint density at radius 2 is 1.62 bits per heavy atom. The van der Waals surface area contributed by atoms with Gasteiger partial charge in [-0.25, -0.2) is 0 Å². The number of hydrogen-bond donors (Lipinski definition) is 1. The van der Waals surface area contributed by atoms with Gasteiger partial charge in [0.1, 0.15) is 0 Å². The van der Waals surface area contributed by atoms with Gasteiger partial charge in [0, 0.05) is 17.1 Å². The van der Waals surface area contributed by atoms with Gasteiger partial charge >= 0.3 is 0 Å². The topological polar surface area (TPSA) is 12.0 Å². The normalized spacial score (nSPS) is 13.9. The third-order valence-corrected chi connectivity index (χ3v) is 4.10. The van der Waals surface area contributed by atoms with E-state index in [0.717, 1.165) is 11.4 Å². The van der Waals surface area contributed by atoms with Crippen LogP contribution in [0.5, 0.6) is 0 Å². The summed E-state index contributed by atoms with van der Waals surface area (Å²) >= 11 is 6.06. The maximum Gasteiger partial charge on any atom is 0.0409 e. The molecule has 0 aliphatic heterocycles. The van der Waals surface area contributed by atoms with Crippen molar-refractivity contribution in [2.45, 2.75) is 45.7 Å². The molecule has 112 valence electrons. The zero-order chi connectivity index (χ0) is 15.2. The summed E-state index contributed by atoms with van der Waals surface area (Å²) in [6, 6.07) is 17.6. The SMILES string of the molecule is CCCc1ccc(C(C)NC(C)c2cccc(Cl)c2)cc1. The fourth-order valence-electron chi connectivity index (χ4n) is 2.61. The summed E-state index contributed by atoms with van der Waals surface area (Å²) in [5, 5.41) is 4.42. The van der Waals surface area contributed by atoms with Crippen LogP contribution in [-0.4, -0.2) is 0 Å². The molecule has 0 aliphatic rings. The van der Waals surface area contributed by atoms with Crippen molar-refractivity contribution in [3.05, 3.63) is 70.2 Å². The highest BCUT2D eigenvalue weighted by atomic mass is 35.5. The molecule has 2 rings (SSSR count). The minimum Gasteiger partial charge on any atom is -0.304 e. The smallest absolute Gasteiger partial charge is 0.0409 e. The minimum absolute atomic E-state index is 0.272. The molecular formula is C19H24ClN. The molecule has 0 radical (unpaired) electrons. The fourth-order valence-corrected chi connectivity index (χ4v) is 2.80. The summed E-state index contributed by atoms with van der Waals surface area (Å²) < 4.78 is 0. The highest BCUT2D eigenvalue weighted by molar-refractivity contribution is 6.30. The number of aryl methyl sites for hydroxylation is 1. The van der Waals surface area contributed by atoms with Gasteiger partial charge in [-0.3, -0.25) is 0 Å².